The molecule has 1 N–H and O–H groups in total. The van der Waals surface area contributed by atoms with Gasteiger partial charge in [-0.1, -0.05) is 47.6 Å². The van der Waals surface area contributed by atoms with E-state index in [1.165, 1.54) is 0 Å². The zero-order chi connectivity index (χ0) is 24.8. The van der Waals surface area contributed by atoms with Gasteiger partial charge >= 0.3 is 0 Å². The van der Waals surface area contributed by atoms with E-state index in [0.717, 1.165) is 34.0 Å². The first-order chi connectivity index (χ1) is 16.9. The summed E-state index contributed by atoms with van der Waals surface area (Å²) in [4.78, 5) is 38.5. The van der Waals surface area contributed by atoms with E-state index in [4.69, 9.17) is 20.8 Å². The van der Waals surface area contributed by atoms with Gasteiger partial charge in [-0.2, -0.15) is 0 Å². The number of carbonyl (C=O) groups is 3. The van der Waals surface area contributed by atoms with Gasteiger partial charge in [-0.3, -0.25) is 19.3 Å². The first-order valence-electron chi connectivity index (χ1n) is 10.3. The molecule has 0 spiro atoms. The van der Waals surface area contributed by atoms with Gasteiger partial charge in [0.05, 0.1) is 28.4 Å². The van der Waals surface area contributed by atoms with Gasteiger partial charge in [0.1, 0.15) is 5.75 Å². The molecule has 3 amide bonds. The van der Waals surface area contributed by atoms with Gasteiger partial charge in [-0.15, -0.1) is 10.2 Å². The lowest BCUT2D eigenvalue weighted by Crippen LogP contribution is -2.37. The lowest BCUT2D eigenvalue weighted by atomic mass is 10.2. The maximum atomic E-state index is 12.6. The number of methoxy groups -OCH3 is 1. The monoisotopic (exact) mass is 530 g/mol. The largest absolute Gasteiger partial charge is 0.497 e. The Hall–Kier alpha value is -3.28. The van der Waals surface area contributed by atoms with Crippen molar-refractivity contribution in [3.8, 4) is 17.2 Å². The molecule has 35 heavy (non-hydrogen) atoms. The van der Waals surface area contributed by atoms with E-state index in [-0.39, 0.29) is 41.1 Å². The standard InChI is InChI=1S/C23H19ClN4O5S2/c1-32-15-8-6-14(7-9-15)12-18-21(30)28(23(31)35-18)11-10-25-19(29)13-34-22-27-26-20(33-22)16-4-2-3-5-17(16)24/h2-9,12H,10-11,13H2,1H3,(H,25,29)/b18-12-. The van der Waals surface area contributed by atoms with Crippen molar-refractivity contribution < 1.29 is 23.5 Å². The number of imide groups is 1. The van der Waals surface area contributed by atoms with Crippen molar-refractivity contribution in [2.75, 3.05) is 26.0 Å². The van der Waals surface area contributed by atoms with Gasteiger partial charge in [-0.05, 0) is 47.7 Å². The second-order valence-electron chi connectivity index (χ2n) is 7.10. The molecule has 1 saturated heterocycles. The Labute approximate surface area is 214 Å². The highest BCUT2D eigenvalue weighted by Crippen LogP contribution is 2.32. The minimum Gasteiger partial charge on any atom is -0.497 e. The molecule has 3 aromatic rings. The fourth-order valence-corrected chi connectivity index (χ4v) is 4.72. The van der Waals surface area contributed by atoms with Crippen LogP contribution >= 0.6 is 35.1 Å². The molecule has 0 radical (unpaired) electrons. The molecule has 2 heterocycles. The number of nitrogens with one attached hydrogen (secondary N) is 1. The lowest BCUT2D eigenvalue weighted by Gasteiger charge is -2.12. The van der Waals surface area contributed by atoms with Crippen LogP contribution in [0.15, 0.2) is 63.1 Å². The highest BCUT2D eigenvalue weighted by molar-refractivity contribution is 8.18. The second-order valence-corrected chi connectivity index (χ2v) is 9.43. The van der Waals surface area contributed by atoms with Gasteiger partial charge < -0.3 is 14.5 Å². The highest BCUT2D eigenvalue weighted by atomic mass is 35.5. The summed E-state index contributed by atoms with van der Waals surface area (Å²) in [6.45, 7) is 0.195. The normalized spacial score (nSPS) is 14.6. The van der Waals surface area contributed by atoms with Crippen molar-refractivity contribution in [1.29, 1.82) is 0 Å². The summed E-state index contributed by atoms with van der Waals surface area (Å²) in [5.41, 5.74) is 1.39. The quantitative estimate of drug-likeness (QED) is 0.318. The zero-order valence-electron chi connectivity index (χ0n) is 18.4. The van der Waals surface area contributed by atoms with Crippen molar-refractivity contribution in [1.82, 2.24) is 20.4 Å². The topological polar surface area (TPSA) is 115 Å². The van der Waals surface area contributed by atoms with Crippen LogP contribution in [-0.4, -0.2) is 58.1 Å². The molecule has 0 bridgehead atoms. The van der Waals surface area contributed by atoms with E-state index in [1.54, 1.807) is 61.7 Å². The Kier molecular flexibility index (Phi) is 8.11. The number of ether oxygens (including phenoxy) is 1. The van der Waals surface area contributed by atoms with E-state index in [1.807, 2.05) is 0 Å². The van der Waals surface area contributed by atoms with E-state index in [0.29, 0.717) is 21.2 Å². The molecule has 0 saturated carbocycles. The number of halogens is 1. The molecule has 0 unspecified atom stereocenters. The average molecular weight is 531 g/mol. The van der Waals surface area contributed by atoms with Crippen LogP contribution in [0.5, 0.6) is 5.75 Å². The predicted octanol–water partition coefficient (Wildman–Crippen LogP) is 4.34. The fraction of sp³-hybridized carbons (Fsp3) is 0.174. The molecule has 0 aliphatic carbocycles. The Balaban J connectivity index is 1.24. The molecule has 1 aliphatic heterocycles. The number of aromatic nitrogens is 2. The van der Waals surface area contributed by atoms with Crippen LogP contribution in [0.4, 0.5) is 4.79 Å². The number of benzene rings is 2. The third-order valence-electron chi connectivity index (χ3n) is 4.78. The molecule has 12 heteroatoms. The zero-order valence-corrected chi connectivity index (χ0v) is 20.8. The third-order valence-corrected chi connectivity index (χ3v) is 6.84. The van der Waals surface area contributed by atoms with E-state index in [2.05, 4.69) is 15.5 Å². The second kappa shape index (κ2) is 11.4. The minimum absolute atomic E-state index is 0.0312. The van der Waals surface area contributed by atoms with Crippen LogP contribution in [0, 0.1) is 0 Å². The van der Waals surface area contributed by atoms with Gasteiger partial charge in [-0.25, -0.2) is 0 Å². The molecule has 1 aromatic heterocycles. The number of rotatable bonds is 9. The van der Waals surface area contributed by atoms with Gasteiger partial charge in [0.25, 0.3) is 16.4 Å². The van der Waals surface area contributed by atoms with E-state index < -0.39 is 5.91 Å². The number of hydrogen-bond donors (Lipinski definition) is 1. The smallest absolute Gasteiger partial charge is 0.293 e. The maximum Gasteiger partial charge on any atom is 0.293 e. The summed E-state index contributed by atoms with van der Waals surface area (Å²) in [6.07, 6.45) is 1.65. The Morgan fingerprint density at radius 3 is 2.71 bits per heavy atom. The van der Waals surface area contributed by atoms with Crippen molar-refractivity contribution in [3.05, 3.63) is 64.0 Å². The van der Waals surface area contributed by atoms with E-state index >= 15 is 0 Å². The Bertz CT molecular complexity index is 1280. The van der Waals surface area contributed by atoms with Crippen LogP contribution in [0.1, 0.15) is 5.56 Å². The van der Waals surface area contributed by atoms with Crippen molar-refractivity contribution in [2.45, 2.75) is 5.22 Å². The average Bonchev–Trinajstić information content (AvgIpc) is 3.43. The molecule has 1 aliphatic rings. The number of nitrogens with zero attached hydrogens (tertiary/aromatic N) is 3. The van der Waals surface area contributed by atoms with Crippen molar-refractivity contribution in [2.24, 2.45) is 0 Å². The summed E-state index contributed by atoms with van der Waals surface area (Å²) < 4.78 is 10.7. The molecule has 9 nitrogen and oxygen atoms in total. The Morgan fingerprint density at radius 1 is 1.20 bits per heavy atom. The summed E-state index contributed by atoms with van der Waals surface area (Å²) in [7, 11) is 1.57. The number of hydrogen-bond acceptors (Lipinski definition) is 9. The lowest BCUT2D eigenvalue weighted by molar-refractivity contribution is -0.123. The van der Waals surface area contributed by atoms with Crippen LogP contribution < -0.4 is 10.1 Å². The van der Waals surface area contributed by atoms with Crippen molar-refractivity contribution in [3.63, 3.8) is 0 Å². The first-order valence-corrected chi connectivity index (χ1v) is 12.5. The summed E-state index contributed by atoms with van der Waals surface area (Å²) >= 11 is 8.07. The first kappa shape index (κ1) is 24.8. The third kappa shape index (κ3) is 6.24. The number of thioether (sulfide) groups is 2. The number of amides is 3. The molecule has 2 aromatic carbocycles. The Morgan fingerprint density at radius 2 is 1.97 bits per heavy atom. The highest BCUT2D eigenvalue weighted by Gasteiger charge is 2.34. The van der Waals surface area contributed by atoms with Gasteiger partial charge in [0, 0.05) is 13.1 Å². The van der Waals surface area contributed by atoms with E-state index in [9.17, 15) is 14.4 Å². The SMILES string of the molecule is COc1ccc(/C=C2\SC(=O)N(CCNC(=O)CSc3nnc(-c4ccccc4Cl)o3)C2=O)cc1. The minimum atomic E-state index is -0.391. The molecule has 1 fully saturated rings. The maximum absolute atomic E-state index is 12.6. The van der Waals surface area contributed by atoms with Crippen LogP contribution in [0.2, 0.25) is 5.02 Å². The molecule has 4 rings (SSSR count). The summed E-state index contributed by atoms with van der Waals surface area (Å²) in [5.74, 6) is 0.305. The number of carbonyl (C=O) groups excluding carboxylic acids is 3. The molecule has 0 atom stereocenters. The van der Waals surface area contributed by atoms with Crippen LogP contribution in [0.25, 0.3) is 17.5 Å². The van der Waals surface area contributed by atoms with Gasteiger partial charge in [0.2, 0.25) is 11.8 Å². The molecular weight excluding hydrogens is 512 g/mol. The summed E-state index contributed by atoms with van der Waals surface area (Å²) in [6, 6.07) is 14.2. The summed E-state index contributed by atoms with van der Waals surface area (Å²) in [5, 5.41) is 10.9. The molecular formula is C23H19ClN4O5S2. The van der Waals surface area contributed by atoms with Crippen LogP contribution in [-0.2, 0) is 9.59 Å². The van der Waals surface area contributed by atoms with Gasteiger partial charge in [0.15, 0.2) is 0 Å². The predicted molar refractivity (Wildman–Crippen MR) is 134 cm³/mol. The fourth-order valence-electron chi connectivity index (χ4n) is 3.04. The van der Waals surface area contributed by atoms with Crippen LogP contribution in [0.3, 0.4) is 0 Å². The molecule has 180 valence electrons. The van der Waals surface area contributed by atoms with Crippen molar-refractivity contribution >= 4 is 58.3 Å².